The number of nitrogens with one attached hydrogen (secondary N) is 1. The number of carboxylic acid groups (broad SMARTS) is 2. The van der Waals surface area contributed by atoms with Crippen molar-refractivity contribution in [3.8, 4) is 0 Å². The van der Waals surface area contributed by atoms with Gasteiger partial charge in [-0.2, -0.15) is 0 Å². The summed E-state index contributed by atoms with van der Waals surface area (Å²) in [6.45, 7) is 0. The first-order valence-corrected chi connectivity index (χ1v) is 6.74. The summed E-state index contributed by atoms with van der Waals surface area (Å²) in [5.41, 5.74) is 10.8. The van der Waals surface area contributed by atoms with Crippen LogP contribution in [-0.4, -0.2) is 22.2 Å². The fourth-order valence-corrected chi connectivity index (χ4v) is 1.70. The lowest BCUT2D eigenvalue weighted by Crippen LogP contribution is -2.06. The van der Waals surface area contributed by atoms with E-state index in [4.69, 9.17) is 21.8 Å². The lowest BCUT2D eigenvalue weighted by atomic mass is 10.1. The van der Waals surface area contributed by atoms with Crippen LogP contribution in [0.3, 0.4) is 0 Å². The normalized spacial score (nSPS) is 9.43. The molecule has 0 aliphatic carbocycles. The van der Waals surface area contributed by atoms with Crippen molar-refractivity contribution in [1.29, 1.82) is 0 Å². The molecular weight excluding hydrogens is 298 g/mol. The Hall–Kier alpha value is -3.06. The van der Waals surface area contributed by atoms with Crippen molar-refractivity contribution in [2.75, 3.05) is 11.2 Å². The predicted octanol–water partition coefficient (Wildman–Crippen LogP) is 1.50. The first kappa shape index (κ1) is 18.0. The summed E-state index contributed by atoms with van der Waals surface area (Å²) in [7, 11) is 0. The minimum absolute atomic E-state index is 0.0465. The SMILES string of the molecule is NNc1ccc(CC(=O)O)cc1.Nc1ccc(CC(=O)O)cc1. The number of nitrogens with two attached hydrogens (primary N) is 2. The van der Waals surface area contributed by atoms with Crippen molar-refractivity contribution in [2.24, 2.45) is 5.84 Å². The van der Waals surface area contributed by atoms with Crippen LogP contribution in [0.2, 0.25) is 0 Å². The zero-order chi connectivity index (χ0) is 17.2. The Balaban J connectivity index is 0.000000231. The van der Waals surface area contributed by atoms with Crippen molar-refractivity contribution in [3.63, 3.8) is 0 Å². The van der Waals surface area contributed by atoms with Crippen LogP contribution >= 0.6 is 0 Å². The van der Waals surface area contributed by atoms with Gasteiger partial charge in [-0.15, -0.1) is 0 Å². The van der Waals surface area contributed by atoms with Gasteiger partial charge in [-0.1, -0.05) is 24.3 Å². The van der Waals surface area contributed by atoms with Crippen LogP contribution in [-0.2, 0) is 22.4 Å². The largest absolute Gasteiger partial charge is 0.481 e. The van der Waals surface area contributed by atoms with Gasteiger partial charge in [0.25, 0.3) is 0 Å². The number of hydrogen-bond donors (Lipinski definition) is 5. The third kappa shape index (κ3) is 7.49. The van der Waals surface area contributed by atoms with Gasteiger partial charge in [-0.25, -0.2) is 0 Å². The molecule has 0 heterocycles. The third-order valence-corrected chi connectivity index (χ3v) is 2.81. The first-order chi connectivity index (χ1) is 10.9. The molecule has 0 radical (unpaired) electrons. The van der Waals surface area contributed by atoms with Gasteiger partial charge in [-0.05, 0) is 35.4 Å². The monoisotopic (exact) mass is 317 g/mol. The van der Waals surface area contributed by atoms with Crippen LogP contribution in [0, 0.1) is 0 Å². The third-order valence-electron chi connectivity index (χ3n) is 2.81. The van der Waals surface area contributed by atoms with Crippen molar-refractivity contribution < 1.29 is 19.8 Å². The molecule has 0 unspecified atom stereocenters. The molecule has 7 heteroatoms. The number of carboxylic acids is 2. The van der Waals surface area contributed by atoms with E-state index in [1.54, 1.807) is 48.5 Å². The zero-order valence-electron chi connectivity index (χ0n) is 12.4. The van der Waals surface area contributed by atoms with Gasteiger partial charge in [0.05, 0.1) is 12.8 Å². The number of anilines is 2. The molecule has 7 N–H and O–H groups in total. The van der Waals surface area contributed by atoms with Crippen LogP contribution in [0.5, 0.6) is 0 Å². The molecule has 0 amide bonds. The highest BCUT2D eigenvalue weighted by atomic mass is 16.4. The van der Waals surface area contributed by atoms with E-state index >= 15 is 0 Å². The molecule has 122 valence electrons. The van der Waals surface area contributed by atoms with E-state index in [9.17, 15) is 9.59 Å². The summed E-state index contributed by atoms with van der Waals surface area (Å²) in [6, 6.07) is 13.7. The van der Waals surface area contributed by atoms with Gasteiger partial charge < -0.3 is 21.4 Å². The van der Waals surface area contributed by atoms with Crippen LogP contribution in [0.15, 0.2) is 48.5 Å². The fraction of sp³-hybridized carbons (Fsp3) is 0.125. The quantitative estimate of drug-likeness (QED) is 0.320. The van der Waals surface area contributed by atoms with Crippen LogP contribution in [0.4, 0.5) is 11.4 Å². The van der Waals surface area contributed by atoms with E-state index < -0.39 is 11.9 Å². The Morgan fingerprint density at radius 2 is 1.22 bits per heavy atom. The molecule has 0 spiro atoms. The first-order valence-electron chi connectivity index (χ1n) is 6.74. The maximum atomic E-state index is 10.3. The Kier molecular flexibility index (Phi) is 7.09. The highest BCUT2D eigenvalue weighted by Gasteiger charge is 1.99. The second-order valence-corrected chi connectivity index (χ2v) is 4.72. The maximum absolute atomic E-state index is 10.3. The Morgan fingerprint density at radius 3 is 1.57 bits per heavy atom. The highest BCUT2D eigenvalue weighted by Crippen LogP contribution is 2.08. The number of rotatable bonds is 5. The molecule has 23 heavy (non-hydrogen) atoms. The molecule has 7 nitrogen and oxygen atoms in total. The van der Waals surface area contributed by atoms with E-state index in [-0.39, 0.29) is 12.8 Å². The van der Waals surface area contributed by atoms with E-state index in [0.29, 0.717) is 5.69 Å². The molecule has 0 saturated carbocycles. The number of hydrazine groups is 1. The molecule has 0 saturated heterocycles. The average molecular weight is 317 g/mol. The molecule has 0 aliphatic rings. The summed E-state index contributed by atoms with van der Waals surface area (Å²) in [4.78, 5) is 20.5. The number of nitrogen functional groups attached to an aromatic ring is 2. The van der Waals surface area contributed by atoms with Crippen LogP contribution < -0.4 is 17.0 Å². The standard InChI is InChI=1S/C8H10N2O2.C8H9NO2/c9-10-7-3-1-6(2-4-7)5-8(11)12;9-7-3-1-6(2-4-7)5-8(10)11/h1-4,10H,5,9H2,(H,11,12);1-4H,5,9H2,(H,10,11). The topological polar surface area (TPSA) is 139 Å². The number of carbonyl (C=O) groups is 2. The molecule has 0 atom stereocenters. The molecule has 0 aromatic heterocycles. The van der Waals surface area contributed by atoms with Crippen molar-refractivity contribution in [3.05, 3.63) is 59.7 Å². The number of hydrogen-bond acceptors (Lipinski definition) is 5. The van der Waals surface area contributed by atoms with E-state index in [1.165, 1.54) is 0 Å². The fourth-order valence-electron chi connectivity index (χ4n) is 1.70. The maximum Gasteiger partial charge on any atom is 0.307 e. The highest BCUT2D eigenvalue weighted by molar-refractivity contribution is 5.70. The van der Waals surface area contributed by atoms with Crippen molar-refractivity contribution in [1.82, 2.24) is 0 Å². The van der Waals surface area contributed by atoms with E-state index in [2.05, 4.69) is 5.43 Å². The molecular formula is C16H19N3O4. The van der Waals surface area contributed by atoms with Gasteiger partial charge in [-0.3, -0.25) is 15.4 Å². The van der Waals surface area contributed by atoms with Crippen molar-refractivity contribution in [2.45, 2.75) is 12.8 Å². The average Bonchev–Trinajstić information content (AvgIpc) is 2.50. The number of benzene rings is 2. The molecule has 0 fully saturated rings. The summed E-state index contributed by atoms with van der Waals surface area (Å²) < 4.78 is 0. The molecule has 2 rings (SSSR count). The second kappa shape index (κ2) is 9.06. The molecule has 0 aliphatic heterocycles. The summed E-state index contributed by atoms with van der Waals surface area (Å²) in [6.07, 6.45) is 0.102. The van der Waals surface area contributed by atoms with Gasteiger partial charge in [0, 0.05) is 11.4 Å². The van der Waals surface area contributed by atoms with Gasteiger partial charge in [0.2, 0.25) is 0 Å². The van der Waals surface area contributed by atoms with Crippen LogP contribution in [0.1, 0.15) is 11.1 Å². The molecule has 0 bridgehead atoms. The summed E-state index contributed by atoms with van der Waals surface area (Å²) in [5, 5.41) is 16.9. The second-order valence-electron chi connectivity index (χ2n) is 4.72. The van der Waals surface area contributed by atoms with Crippen molar-refractivity contribution >= 4 is 23.3 Å². The molecule has 2 aromatic carbocycles. The Bertz CT molecular complexity index is 639. The lowest BCUT2D eigenvalue weighted by molar-refractivity contribution is -0.137. The van der Waals surface area contributed by atoms with Gasteiger partial charge in [0.15, 0.2) is 0 Å². The molecule has 2 aromatic rings. The van der Waals surface area contributed by atoms with Crippen LogP contribution in [0.25, 0.3) is 0 Å². The minimum atomic E-state index is -0.830. The zero-order valence-corrected chi connectivity index (χ0v) is 12.4. The van der Waals surface area contributed by atoms with E-state index in [0.717, 1.165) is 16.8 Å². The summed E-state index contributed by atoms with van der Waals surface area (Å²) in [5.74, 6) is 3.48. The minimum Gasteiger partial charge on any atom is -0.481 e. The smallest absolute Gasteiger partial charge is 0.307 e. The number of aliphatic carboxylic acids is 2. The van der Waals surface area contributed by atoms with E-state index in [1.807, 2.05) is 0 Å². The lowest BCUT2D eigenvalue weighted by Gasteiger charge is -2.00. The predicted molar refractivity (Wildman–Crippen MR) is 87.8 cm³/mol. The van der Waals surface area contributed by atoms with Gasteiger partial charge in [0.1, 0.15) is 0 Å². The van der Waals surface area contributed by atoms with Gasteiger partial charge >= 0.3 is 11.9 Å². The Morgan fingerprint density at radius 1 is 0.826 bits per heavy atom. The Labute approximate surface area is 133 Å². The summed E-state index contributed by atoms with van der Waals surface area (Å²) >= 11 is 0.